The lowest BCUT2D eigenvalue weighted by atomic mass is 10.2. The van der Waals surface area contributed by atoms with Gasteiger partial charge < -0.3 is 5.11 Å². The second-order valence-electron chi connectivity index (χ2n) is 5.18. The lowest BCUT2D eigenvalue weighted by molar-refractivity contribution is -0.121. The van der Waals surface area contributed by atoms with Gasteiger partial charge in [0.25, 0.3) is 0 Å². The molecule has 0 spiro atoms. The Morgan fingerprint density at radius 3 is 2.76 bits per heavy atom. The van der Waals surface area contributed by atoms with Gasteiger partial charge in [-0.25, -0.2) is 10.1 Å². The Kier molecular flexibility index (Phi) is 5.44. The quantitative estimate of drug-likeness (QED) is 0.446. The minimum Gasteiger partial charge on any atom is -0.506 e. The SMILES string of the molecule is O=C(CCn1nnc2ccccc21)NN=Cc1cc(Br)c(O)c(Br)c1. The number of aryl methyl sites for hydroxylation is 1. The molecule has 0 atom stereocenters. The van der Waals surface area contributed by atoms with E-state index < -0.39 is 0 Å². The first-order valence-corrected chi connectivity index (χ1v) is 8.91. The molecule has 0 fully saturated rings. The van der Waals surface area contributed by atoms with Gasteiger partial charge in [-0.1, -0.05) is 17.3 Å². The number of nitrogens with one attached hydrogen (secondary N) is 1. The molecule has 7 nitrogen and oxygen atoms in total. The largest absolute Gasteiger partial charge is 0.506 e. The second kappa shape index (κ2) is 7.75. The number of nitrogens with zero attached hydrogens (tertiary/aromatic N) is 4. The van der Waals surface area contributed by atoms with Crippen molar-refractivity contribution in [3.05, 3.63) is 50.9 Å². The van der Waals surface area contributed by atoms with Crippen LogP contribution in [-0.4, -0.2) is 32.2 Å². The van der Waals surface area contributed by atoms with Crippen molar-refractivity contribution in [3.8, 4) is 5.75 Å². The van der Waals surface area contributed by atoms with Crippen molar-refractivity contribution in [2.24, 2.45) is 5.10 Å². The molecule has 0 radical (unpaired) electrons. The fraction of sp³-hybridized carbons (Fsp3) is 0.125. The molecule has 9 heteroatoms. The van der Waals surface area contributed by atoms with E-state index in [0.717, 1.165) is 16.6 Å². The van der Waals surface area contributed by atoms with Crippen molar-refractivity contribution in [3.63, 3.8) is 0 Å². The van der Waals surface area contributed by atoms with Crippen molar-refractivity contribution >= 4 is 55.0 Å². The van der Waals surface area contributed by atoms with Gasteiger partial charge in [-0.15, -0.1) is 5.10 Å². The summed E-state index contributed by atoms with van der Waals surface area (Å²) in [6, 6.07) is 11.0. The summed E-state index contributed by atoms with van der Waals surface area (Å²) in [6.45, 7) is 0.415. The number of hydrazone groups is 1. The van der Waals surface area contributed by atoms with Crippen LogP contribution in [0.4, 0.5) is 0 Å². The Morgan fingerprint density at radius 1 is 1.28 bits per heavy atom. The Balaban J connectivity index is 1.56. The number of benzene rings is 2. The maximum Gasteiger partial charge on any atom is 0.241 e. The zero-order valence-corrected chi connectivity index (χ0v) is 16.0. The molecular formula is C16H13Br2N5O2. The molecule has 0 aliphatic rings. The van der Waals surface area contributed by atoms with Gasteiger partial charge in [-0.05, 0) is 61.7 Å². The monoisotopic (exact) mass is 465 g/mol. The molecule has 1 amide bonds. The number of carbonyl (C=O) groups is 1. The van der Waals surface area contributed by atoms with Crippen molar-refractivity contribution in [2.75, 3.05) is 0 Å². The van der Waals surface area contributed by atoms with E-state index in [1.54, 1.807) is 16.8 Å². The lowest BCUT2D eigenvalue weighted by Gasteiger charge is -2.03. The van der Waals surface area contributed by atoms with Gasteiger partial charge in [0.2, 0.25) is 5.91 Å². The maximum atomic E-state index is 11.9. The van der Waals surface area contributed by atoms with Gasteiger partial charge >= 0.3 is 0 Å². The number of hydrogen-bond acceptors (Lipinski definition) is 5. The van der Waals surface area contributed by atoms with E-state index >= 15 is 0 Å². The average molecular weight is 467 g/mol. The molecule has 2 aromatic carbocycles. The third-order valence-electron chi connectivity index (χ3n) is 3.41. The fourth-order valence-electron chi connectivity index (χ4n) is 2.18. The molecule has 1 aromatic heterocycles. The summed E-state index contributed by atoms with van der Waals surface area (Å²) in [6.07, 6.45) is 1.73. The van der Waals surface area contributed by atoms with Gasteiger partial charge in [-0.2, -0.15) is 5.10 Å². The van der Waals surface area contributed by atoms with E-state index in [0.29, 0.717) is 15.5 Å². The molecular weight excluding hydrogens is 454 g/mol. The molecule has 0 bridgehead atoms. The Labute approximate surface area is 160 Å². The van der Waals surface area contributed by atoms with Crippen LogP contribution in [0.3, 0.4) is 0 Å². The third-order valence-corrected chi connectivity index (χ3v) is 4.62. The van der Waals surface area contributed by atoms with Crippen LogP contribution in [0.2, 0.25) is 0 Å². The number of aromatic nitrogens is 3. The van der Waals surface area contributed by atoms with Crippen LogP contribution in [-0.2, 0) is 11.3 Å². The molecule has 0 aliphatic carbocycles. The van der Waals surface area contributed by atoms with E-state index in [-0.39, 0.29) is 18.1 Å². The minimum absolute atomic E-state index is 0.112. The molecule has 0 saturated carbocycles. The standard InChI is InChI=1S/C16H13Br2N5O2/c17-11-7-10(8-12(18)16(11)25)9-19-21-15(24)5-6-23-14-4-2-1-3-13(14)20-22-23/h1-4,7-9,25H,5-6H2,(H,21,24). The van der Waals surface area contributed by atoms with Crippen molar-refractivity contribution in [2.45, 2.75) is 13.0 Å². The Bertz CT molecular complexity index is 932. The number of phenols is 1. The van der Waals surface area contributed by atoms with Crippen LogP contribution < -0.4 is 5.43 Å². The lowest BCUT2D eigenvalue weighted by Crippen LogP contribution is -2.19. The Morgan fingerprint density at radius 2 is 2.00 bits per heavy atom. The highest BCUT2D eigenvalue weighted by atomic mass is 79.9. The fourth-order valence-corrected chi connectivity index (χ4v) is 3.41. The average Bonchev–Trinajstić information content (AvgIpc) is 3.01. The van der Waals surface area contributed by atoms with E-state index in [1.807, 2.05) is 24.3 Å². The first kappa shape index (κ1) is 17.6. The van der Waals surface area contributed by atoms with Crippen LogP contribution in [0.25, 0.3) is 11.0 Å². The van der Waals surface area contributed by atoms with Crippen LogP contribution in [0.15, 0.2) is 50.4 Å². The number of para-hydroxylation sites is 1. The summed E-state index contributed by atoms with van der Waals surface area (Å²) in [5.41, 5.74) is 4.87. The van der Waals surface area contributed by atoms with Gasteiger partial charge in [0, 0.05) is 6.42 Å². The highest BCUT2D eigenvalue weighted by Gasteiger charge is 2.07. The molecule has 0 aliphatic heterocycles. The summed E-state index contributed by atoms with van der Waals surface area (Å²) in [4.78, 5) is 11.9. The molecule has 128 valence electrons. The predicted octanol–water partition coefficient (Wildman–Crippen LogP) is 3.20. The first-order chi connectivity index (χ1) is 12.0. The number of fused-ring (bicyclic) bond motifs is 1. The van der Waals surface area contributed by atoms with E-state index in [1.165, 1.54) is 6.21 Å². The number of aromatic hydroxyl groups is 1. The number of carbonyl (C=O) groups excluding carboxylic acids is 1. The van der Waals surface area contributed by atoms with Gasteiger partial charge in [0.1, 0.15) is 11.3 Å². The van der Waals surface area contributed by atoms with E-state index in [4.69, 9.17) is 0 Å². The van der Waals surface area contributed by atoms with Gasteiger partial charge in [-0.3, -0.25) is 4.79 Å². The van der Waals surface area contributed by atoms with Crippen LogP contribution >= 0.6 is 31.9 Å². The summed E-state index contributed by atoms with van der Waals surface area (Å²) >= 11 is 6.48. The van der Waals surface area contributed by atoms with Crippen molar-refractivity contribution in [1.82, 2.24) is 20.4 Å². The number of hydrogen-bond donors (Lipinski definition) is 2. The first-order valence-electron chi connectivity index (χ1n) is 7.33. The predicted molar refractivity (Wildman–Crippen MR) is 101 cm³/mol. The number of phenolic OH excluding ortho intramolecular Hbond substituents is 1. The molecule has 2 N–H and O–H groups in total. The highest BCUT2D eigenvalue weighted by molar-refractivity contribution is 9.11. The summed E-state index contributed by atoms with van der Waals surface area (Å²) < 4.78 is 2.76. The maximum absolute atomic E-state index is 11.9. The number of rotatable bonds is 5. The number of amides is 1. The van der Waals surface area contributed by atoms with Gasteiger partial charge in [0.15, 0.2) is 0 Å². The summed E-state index contributed by atoms with van der Waals surface area (Å²) in [5.74, 6) is -0.117. The van der Waals surface area contributed by atoms with Gasteiger partial charge in [0.05, 0.1) is 27.2 Å². The van der Waals surface area contributed by atoms with E-state index in [2.05, 4.69) is 52.7 Å². The topological polar surface area (TPSA) is 92.4 Å². The molecule has 1 heterocycles. The Hall–Kier alpha value is -2.26. The van der Waals surface area contributed by atoms with Crippen LogP contribution in [0.5, 0.6) is 5.75 Å². The van der Waals surface area contributed by atoms with Crippen molar-refractivity contribution < 1.29 is 9.90 Å². The molecule has 25 heavy (non-hydrogen) atoms. The smallest absolute Gasteiger partial charge is 0.241 e. The summed E-state index contributed by atoms with van der Waals surface area (Å²) in [5, 5.41) is 21.7. The van der Waals surface area contributed by atoms with Crippen LogP contribution in [0, 0.1) is 0 Å². The molecule has 3 aromatic rings. The normalized spacial score (nSPS) is 11.3. The van der Waals surface area contributed by atoms with Crippen LogP contribution in [0.1, 0.15) is 12.0 Å². The molecule has 0 unspecified atom stereocenters. The highest BCUT2D eigenvalue weighted by Crippen LogP contribution is 2.32. The zero-order chi connectivity index (χ0) is 17.8. The second-order valence-corrected chi connectivity index (χ2v) is 6.89. The summed E-state index contributed by atoms with van der Waals surface area (Å²) in [7, 11) is 0. The third kappa shape index (κ3) is 4.23. The minimum atomic E-state index is -0.229. The van der Waals surface area contributed by atoms with E-state index in [9.17, 15) is 9.90 Å². The number of halogens is 2. The van der Waals surface area contributed by atoms with Crippen molar-refractivity contribution in [1.29, 1.82) is 0 Å². The zero-order valence-electron chi connectivity index (χ0n) is 12.9. The molecule has 3 rings (SSSR count). The molecule has 0 saturated heterocycles.